The zero-order valence-corrected chi connectivity index (χ0v) is 14.7. The molecule has 0 saturated carbocycles. The molecule has 0 N–H and O–H groups in total. The fraction of sp³-hybridized carbons (Fsp3) is 0.278. The third-order valence-corrected chi connectivity index (χ3v) is 4.65. The van der Waals surface area contributed by atoms with Crippen LogP contribution in [-0.4, -0.2) is 46.8 Å². The van der Waals surface area contributed by atoms with Crippen molar-refractivity contribution in [1.82, 2.24) is 4.90 Å². The second-order valence-corrected chi connectivity index (χ2v) is 6.31. The summed E-state index contributed by atoms with van der Waals surface area (Å²) in [7, 11) is 0. The van der Waals surface area contributed by atoms with Crippen LogP contribution >= 0.6 is 0 Å². The van der Waals surface area contributed by atoms with Crippen LogP contribution < -0.4 is 4.90 Å². The van der Waals surface area contributed by atoms with E-state index in [9.17, 15) is 25.0 Å². The highest BCUT2D eigenvalue weighted by molar-refractivity contribution is 5.95. The zero-order valence-electron chi connectivity index (χ0n) is 14.7. The average Bonchev–Trinajstić information content (AvgIpc) is 2.68. The molecule has 2 aromatic carbocycles. The van der Waals surface area contributed by atoms with Crippen LogP contribution in [0.5, 0.6) is 0 Å². The van der Waals surface area contributed by atoms with Crippen LogP contribution in [-0.2, 0) is 0 Å². The molecule has 1 amide bonds. The number of nitro benzene ring substituents is 2. The smallest absolute Gasteiger partial charge is 0.273 e. The Morgan fingerprint density at radius 1 is 0.926 bits per heavy atom. The van der Waals surface area contributed by atoms with Gasteiger partial charge in [-0.3, -0.25) is 25.0 Å². The summed E-state index contributed by atoms with van der Waals surface area (Å²) >= 11 is 0. The van der Waals surface area contributed by atoms with Crippen molar-refractivity contribution in [3.8, 4) is 0 Å². The van der Waals surface area contributed by atoms with Gasteiger partial charge < -0.3 is 9.80 Å². The van der Waals surface area contributed by atoms with Gasteiger partial charge in [-0.2, -0.15) is 0 Å². The van der Waals surface area contributed by atoms with Gasteiger partial charge in [0, 0.05) is 61.2 Å². The fourth-order valence-electron chi connectivity index (χ4n) is 3.07. The molecule has 3 rings (SSSR count). The van der Waals surface area contributed by atoms with Crippen LogP contribution in [0.15, 0.2) is 42.5 Å². The Morgan fingerprint density at radius 3 is 2.11 bits per heavy atom. The number of aryl methyl sites for hydroxylation is 1. The van der Waals surface area contributed by atoms with Gasteiger partial charge in [-0.1, -0.05) is 6.07 Å². The Balaban J connectivity index is 1.66. The lowest BCUT2D eigenvalue weighted by Crippen LogP contribution is -2.48. The third-order valence-electron chi connectivity index (χ3n) is 4.65. The van der Waals surface area contributed by atoms with Crippen LogP contribution in [0, 0.1) is 27.2 Å². The van der Waals surface area contributed by atoms with Crippen molar-refractivity contribution in [3.05, 3.63) is 73.8 Å². The molecule has 9 nitrogen and oxygen atoms in total. The maximum absolute atomic E-state index is 12.7. The van der Waals surface area contributed by atoms with Gasteiger partial charge in [-0.05, 0) is 25.1 Å². The van der Waals surface area contributed by atoms with E-state index in [0.717, 1.165) is 5.69 Å². The fourth-order valence-corrected chi connectivity index (χ4v) is 3.07. The van der Waals surface area contributed by atoms with Crippen molar-refractivity contribution in [3.63, 3.8) is 0 Å². The third kappa shape index (κ3) is 3.86. The quantitative estimate of drug-likeness (QED) is 0.604. The number of carbonyl (C=O) groups excluding carboxylic acids is 1. The molecule has 0 aliphatic carbocycles. The summed E-state index contributed by atoms with van der Waals surface area (Å²) in [5, 5.41) is 21.8. The molecule has 0 atom stereocenters. The highest BCUT2D eigenvalue weighted by Gasteiger charge is 2.24. The van der Waals surface area contributed by atoms with E-state index in [4.69, 9.17) is 0 Å². The standard InChI is InChI=1S/C18H18N4O5/c1-13-2-3-14(12-17(13)22(26)27)18(23)20-10-8-19(9-11-20)15-4-6-16(7-5-15)21(24)25/h2-7,12H,8-11H2,1H3. The first-order chi connectivity index (χ1) is 12.9. The molecule has 140 valence electrons. The summed E-state index contributed by atoms with van der Waals surface area (Å²) in [6.45, 7) is 3.74. The van der Waals surface area contributed by atoms with Crippen molar-refractivity contribution in [2.24, 2.45) is 0 Å². The van der Waals surface area contributed by atoms with Crippen LogP contribution in [0.4, 0.5) is 17.1 Å². The normalized spacial score (nSPS) is 14.1. The molecule has 1 aliphatic heterocycles. The van der Waals surface area contributed by atoms with E-state index >= 15 is 0 Å². The Bertz CT molecular complexity index is 889. The first-order valence-electron chi connectivity index (χ1n) is 8.40. The summed E-state index contributed by atoms with van der Waals surface area (Å²) in [5.74, 6) is -0.235. The highest BCUT2D eigenvalue weighted by atomic mass is 16.6. The van der Waals surface area contributed by atoms with Crippen LogP contribution in [0.3, 0.4) is 0 Å². The van der Waals surface area contributed by atoms with E-state index in [1.807, 2.05) is 4.90 Å². The van der Waals surface area contributed by atoms with E-state index in [-0.39, 0.29) is 17.3 Å². The van der Waals surface area contributed by atoms with E-state index in [1.165, 1.54) is 18.2 Å². The number of nitro groups is 2. The Hall–Kier alpha value is -3.49. The molecule has 1 heterocycles. The van der Waals surface area contributed by atoms with E-state index in [2.05, 4.69) is 0 Å². The number of hydrogen-bond acceptors (Lipinski definition) is 6. The van der Waals surface area contributed by atoms with Crippen molar-refractivity contribution in [1.29, 1.82) is 0 Å². The molecule has 2 aromatic rings. The summed E-state index contributed by atoms with van der Waals surface area (Å²) in [6, 6.07) is 10.8. The summed E-state index contributed by atoms with van der Waals surface area (Å²) in [6.07, 6.45) is 0. The molecule has 27 heavy (non-hydrogen) atoms. The molecule has 9 heteroatoms. The average molecular weight is 370 g/mol. The number of anilines is 1. The second-order valence-electron chi connectivity index (χ2n) is 6.31. The minimum atomic E-state index is -0.487. The van der Waals surface area contributed by atoms with Gasteiger partial charge in [0.15, 0.2) is 0 Å². The number of benzene rings is 2. The number of non-ortho nitro benzene ring substituents is 1. The Labute approximate surface area is 155 Å². The zero-order chi connectivity index (χ0) is 19.6. The molecule has 0 bridgehead atoms. The van der Waals surface area contributed by atoms with Gasteiger partial charge in [0.1, 0.15) is 0 Å². The van der Waals surface area contributed by atoms with E-state index < -0.39 is 9.85 Å². The van der Waals surface area contributed by atoms with E-state index in [0.29, 0.717) is 37.3 Å². The topological polar surface area (TPSA) is 110 Å². The Morgan fingerprint density at radius 2 is 1.56 bits per heavy atom. The van der Waals surface area contributed by atoms with Gasteiger partial charge in [0.2, 0.25) is 0 Å². The molecular weight excluding hydrogens is 352 g/mol. The minimum Gasteiger partial charge on any atom is -0.368 e. The minimum absolute atomic E-state index is 0.0357. The number of hydrogen-bond donors (Lipinski definition) is 0. The largest absolute Gasteiger partial charge is 0.368 e. The maximum Gasteiger partial charge on any atom is 0.273 e. The van der Waals surface area contributed by atoms with Crippen LogP contribution in [0.25, 0.3) is 0 Å². The number of nitrogens with zero attached hydrogens (tertiary/aromatic N) is 4. The molecule has 1 aliphatic rings. The predicted molar refractivity (Wildman–Crippen MR) is 99.0 cm³/mol. The molecule has 0 spiro atoms. The molecule has 1 fully saturated rings. The van der Waals surface area contributed by atoms with Gasteiger partial charge in [0.05, 0.1) is 9.85 Å². The number of amides is 1. The van der Waals surface area contributed by atoms with Crippen molar-refractivity contribution >= 4 is 23.0 Å². The van der Waals surface area contributed by atoms with Crippen LogP contribution in [0.2, 0.25) is 0 Å². The van der Waals surface area contributed by atoms with Crippen molar-refractivity contribution in [2.45, 2.75) is 6.92 Å². The van der Waals surface area contributed by atoms with Crippen molar-refractivity contribution < 1.29 is 14.6 Å². The molecule has 1 saturated heterocycles. The number of carbonyl (C=O) groups is 1. The molecular formula is C18H18N4O5. The monoisotopic (exact) mass is 370 g/mol. The lowest BCUT2D eigenvalue weighted by Gasteiger charge is -2.36. The highest BCUT2D eigenvalue weighted by Crippen LogP contribution is 2.23. The lowest BCUT2D eigenvalue weighted by atomic mass is 10.1. The summed E-state index contributed by atoms with van der Waals surface area (Å²) < 4.78 is 0. The summed E-state index contributed by atoms with van der Waals surface area (Å²) in [5.41, 5.74) is 1.65. The number of piperazine rings is 1. The molecule has 0 unspecified atom stereocenters. The second kappa shape index (κ2) is 7.40. The SMILES string of the molecule is Cc1ccc(C(=O)N2CCN(c3ccc([N+](=O)[O-])cc3)CC2)cc1[N+](=O)[O-]. The Kier molecular flexibility index (Phi) is 5.02. The maximum atomic E-state index is 12.7. The van der Waals surface area contributed by atoms with Crippen LogP contribution in [0.1, 0.15) is 15.9 Å². The van der Waals surface area contributed by atoms with Gasteiger partial charge in [-0.15, -0.1) is 0 Å². The first-order valence-corrected chi connectivity index (χ1v) is 8.40. The van der Waals surface area contributed by atoms with Gasteiger partial charge >= 0.3 is 0 Å². The molecule has 0 radical (unpaired) electrons. The predicted octanol–water partition coefficient (Wildman–Crippen LogP) is 2.77. The summed E-state index contributed by atoms with van der Waals surface area (Å²) in [4.78, 5) is 37.2. The van der Waals surface area contributed by atoms with Crippen molar-refractivity contribution in [2.75, 3.05) is 31.1 Å². The number of rotatable bonds is 4. The van der Waals surface area contributed by atoms with Gasteiger partial charge in [-0.25, -0.2) is 0 Å². The van der Waals surface area contributed by atoms with Gasteiger partial charge in [0.25, 0.3) is 17.3 Å². The lowest BCUT2D eigenvalue weighted by molar-refractivity contribution is -0.385. The van der Waals surface area contributed by atoms with E-state index in [1.54, 1.807) is 36.1 Å². The molecule has 0 aromatic heterocycles. The first kappa shape index (κ1) is 18.3.